The first-order chi connectivity index (χ1) is 14.7. The number of hydrogen-bond acceptors (Lipinski definition) is 7. The highest BCUT2D eigenvalue weighted by molar-refractivity contribution is 5.98. The van der Waals surface area contributed by atoms with Crippen molar-refractivity contribution in [3.8, 4) is 0 Å². The molecule has 0 radical (unpaired) electrons. The van der Waals surface area contributed by atoms with Crippen molar-refractivity contribution in [3.63, 3.8) is 0 Å². The zero-order valence-electron chi connectivity index (χ0n) is 17.3. The molecule has 172 valence electrons. The number of nitrogens with two attached hydrogens (primary N) is 1. The Kier molecular flexibility index (Phi) is 8.99. The fourth-order valence-electron chi connectivity index (χ4n) is 2.83. The van der Waals surface area contributed by atoms with Gasteiger partial charge in [-0.3, -0.25) is 14.4 Å². The molecule has 1 aromatic rings. The highest BCUT2D eigenvalue weighted by Crippen LogP contribution is 2.29. The fourth-order valence-corrected chi connectivity index (χ4v) is 2.83. The molecule has 1 fully saturated rings. The molecule has 2 rings (SSSR count). The van der Waals surface area contributed by atoms with Gasteiger partial charge < -0.3 is 30.6 Å². The number of carbonyl (C=O) groups is 3. The van der Waals surface area contributed by atoms with Crippen LogP contribution in [0.3, 0.4) is 0 Å². The number of ketones is 1. The van der Waals surface area contributed by atoms with Gasteiger partial charge in [-0.25, -0.2) is 0 Å². The minimum absolute atomic E-state index is 0.222. The number of hydrogen-bond donors (Lipinski definition) is 3. The third kappa shape index (κ3) is 7.62. The zero-order chi connectivity index (χ0) is 23.0. The average Bonchev–Trinajstić information content (AvgIpc) is 3.49. The second kappa shape index (κ2) is 11.2. The number of rotatable bonds is 13. The number of nitrogens with one attached hydrogen (secondary N) is 2. The van der Waals surface area contributed by atoms with Crippen LogP contribution in [0.5, 0.6) is 0 Å². The van der Waals surface area contributed by atoms with Gasteiger partial charge in [-0.1, -0.05) is 30.3 Å². The highest BCUT2D eigenvalue weighted by Gasteiger charge is 2.50. The van der Waals surface area contributed by atoms with Gasteiger partial charge in [0.1, 0.15) is 17.7 Å². The van der Waals surface area contributed by atoms with Crippen molar-refractivity contribution in [2.24, 2.45) is 5.73 Å². The predicted molar refractivity (Wildman–Crippen MR) is 105 cm³/mol. The lowest BCUT2D eigenvalue weighted by Crippen LogP contribution is -2.58. The maximum absolute atomic E-state index is 12.9. The first kappa shape index (κ1) is 24.8. The molecule has 9 nitrogen and oxygen atoms in total. The summed E-state index contributed by atoms with van der Waals surface area (Å²) < 4.78 is 38.5. The van der Waals surface area contributed by atoms with Crippen LogP contribution in [0, 0.1) is 0 Å². The molecule has 1 saturated heterocycles. The molecule has 31 heavy (non-hydrogen) atoms. The molecule has 1 aliphatic rings. The molecule has 4 N–H and O–H groups in total. The molecular weight excluding hydrogens is 416 g/mol. The quantitative estimate of drug-likeness (QED) is 0.359. The van der Waals surface area contributed by atoms with Crippen molar-refractivity contribution in [3.05, 3.63) is 35.9 Å². The standard InChI is InChI=1S/C20H27F2N3O6/c1-20(11-31-20)16(26)14(8-12-6-4-3-5-7-12)24-18(28)15(10-29-2)25-17(27)13(23)9-30-19(21)22/h3-7,13-15,19H,8-11,23H2,1-2H3,(H,24,28)(H,25,27)/t13-,14-,15-,20+/m0/s1. The first-order valence-corrected chi connectivity index (χ1v) is 9.63. The lowest BCUT2D eigenvalue weighted by molar-refractivity contribution is -0.143. The number of Topliss-reactive ketones (excluding diaryl/α,β-unsaturated/α-hetero) is 1. The van der Waals surface area contributed by atoms with E-state index in [1.807, 2.05) is 30.3 Å². The molecule has 2 amide bonds. The van der Waals surface area contributed by atoms with Gasteiger partial charge in [-0.05, 0) is 18.9 Å². The SMILES string of the molecule is COC[C@H](NC(=O)[C@@H](N)COC(F)F)C(=O)N[C@@H](Cc1ccccc1)C(=O)[C@@]1(C)CO1. The van der Waals surface area contributed by atoms with E-state index in [0.717, 1.165) is 5.56 Å². The van der Waals surface area contributed by atoms with E-state index in [0.29, 0.717) is 0 Å². The van der Waals surface area contributed by atoms with Gasteiger partial charge in [-0.15, -0.1) is 0 Å². The van der Waals surface area contributed by atoms with Crippen LogP contribution >= 0.6 is 0 Å². The van der Waals surface area contributed by atoms with E-state index in [1.165, 1.54) is 7.11 Å². The molecule has 0 aliphatic carbocycles. The molecule has 0 bridgehead atoms. The molecule has 0 aromatic heterocycles. The van der Waals surface area contributed by atoms with Gasteiger partial charge in [0, 0.05) is 7.11 Å². The molecule has 0 saturated carbocycles. The molecule has 11 heteroatoms. The first-order valence-electron chi connectivity index (χ1n) is 9.63. The maximum Gasteiger partial charge on any atom is 0.345 e. The normalized spacial score (nSPS) is 20.6. The Morgan fingerprint density at radius 1 is 1.13 bits per heavy atom. The summed E-state index contributed by atoms with van der Waals surface area (Å²) in [6, 6.07) is 5.56. The summed E-state index contributed by atoms with van der Waals surface area (Å²) in [4.78, 5) is 37.8. The Labute approximate surface area is 178 Å². The molecule has 4 atom stereocenters. The third-order valence-electron chi connectivity index (χ3n) is 4.72. The number of alkyl halides is 2. The number of ether oxygens (including phenoxy) is 3. The van der Waals surface area contributed by atoms with Gasteiger partial charge in [-0.2, -0.15) is 8.78 Å². The summed E-state index contributed by atoms with van der Waals surface area (Å²) in [5.74, 6) is -1.86. The van der Waals surface area contributed by atoms with Crippen molar-refractivity contribution in [1.29, 1.82) is 0 Å². The smallest absolute Gasteiger partial charge is 0.345 e. The minimum Gasteiger partial charge on any atom is -0.382 e. The number of halogens is 2. The topological polar surface area (TPSA) is 132 Å². The number of epoxide rings is 1. The van der Waals surface area contributed by atoms with Crippen molar-refractivity contribution in [2.45, 2.75) is 43.7 Å². The van der Waals surface area contributed by atoms with Gasteiger partial charge in [0.15, 0.2) is 5.78 Å². The maximum atomic E-state index is 12.9. The van der Waals surface area contributed by atoms with E-state index in [1.54, 1.807) is 6.92 Å². The second-order valence-electron chi connectivity index (χ2n) is 7.35. The van der Waals surface area contributed by atoms with Crippen LogP contribution in [-0.2, 0) is 35.0 Å². The third-order valence-corrected chi connectivity index (χ3v) is 4.72. The van der Waals surface area contributed by atoms with E-state index in [2.05, 4.69) is 15.4 Å². The van der Waals surface area contributed by atoms with Gasteiger partial charge >= 0.3 is 6.61 Å². The van der Waals surface area contributed by atoms with Gasteiger partial charge in [0.25, 0.3) is 0 Å². The van der Waals surface area contributed by atoms with Crippen molar-refractivity contribution in [2.75, 3.05) is 26.9 Å². The predicted octanol–water partition coefficient (Wildman–Crippen LogP) is -0.230. The van der Waals surface area contributed by atoms with Gasteiger partial charge in [0.2, 0.25) is 11.8 Å². The lowest BCUT2D eigenvalue weighted by atomic mass is 9.94. The van der Waals surface area contributed by atoms with E-state index < -0.39 is 48.8 Å². The summed E-state index contributed by atoms with van der Waals surface area (Å²) in [6.07, 6.45) is 0.222. The van der Waals surface area contributed by atoms with Crippen LogP contribution in [0.15, 0.2) is 30.3 Å². The summed E-state index contributed by atoms with van der Waals surface area (Å²) >= 11 is 0. The number of amides is 2. The summed E-state index contributed by atoms with van der Waals surface area (Å²) in [5, 5.41) is 4.97. The molecule has 1 aromatic carbocycles. The Bertz CT molecular complexity index is 761. The largest absolute Gasteiger partial charge is 0.382 e. The average molecular weight is 443 g/mol. The zero-order valence-corrected chi connectivity index (χ0v) is 17.3. The van der Waals surface area contributed by atoms with Crippen molar-refractivity contribution < 1.29 is 37.4 Å². The molecule has 1 aliphatic heterocycles. The number of carbonyl (C=O) groups excluding carboxylic acids is 3. The number of methoxy groups -OCH3 is 1. The fraction of sp³-hybridized carbons (Fsp3) is 0.550. The van der Waals surface area contributed by atoms with Crippen LogP contribution in [0.25, 0.3) is 0 Å². The monoisotopic (exact) mass is 443 g/mol. The number of benzene rings is 1. The Morgan fingerprint density at radius 3 is 2.29 bits per heavy atom. The van der Waals surface area contributed by atoms with E-state index in [9.17, 15) is 23.2 Å². The van der Waals surface area contributed by atoms with Crippen molar-refractivity contribution in [1.82, 2.24) is 10.6 Å². The second-order valence-corrected chi connectivity index (χ2v) is 7.35. The summed E-state index contributed by atoms with van der Waals surface area (Å²) in [5.41, 5.74) is 5.37. The van der Waals surface area contributed by atoms with Crippen LogP contribution in [0.4, 0.5) is 8.78 Å². The van der Waals surface area contributed by atoms with Gasteiger partial charge in [0.05, 0.1) is 25.9 Å². The van der Waals surface area contributed by atoms with E-state index in [4.69, 9.17) is 15.2 Å². The minimum atomic E-state index is -3.08. The molecule has 1 heterocycles. The Morgan fingerprint density at radius 2 is 1.74 bits per heavy atom. The summed E-state index contributed by atoms with van der Waals surface area (Å²) in [7, 11) is 1.32. The summed E-state index contributed by atoms with van der Waals surface area (Å²) in [6.45, 7) is -2.14. The molecule has 0 unspecified atom stereocenters. The van der Waals surface area contributed by atoms with Crippen LogP contribution in [0.2, 0.25) is 0 Å². The Hall–Kier alpha value is -2.47. The van der Waals surface area contributed by atoms with Crippen molar-refractivity contribution >= 4 is 17.6 Å². The van der Waals surface area contributed by atoms with E-state index >= 15 is 0 Å². The molecular formula is C20H27F2N3O6. The van der Waals surface area contributed by atoms with E-state index in [-0.39, 0.29) is 25.4 Å². The van der Waals surface area contributed by atoms with Crippen LogP contribution in [0.1, 0.15) is 12.5 Å². The van der Waals surface area contributed by atoms with Crippen LogP contribution < -0.4 is 16.4 Å². The Balaban J connectivity index is 2.06. The molecule has 0 spiro atoms. The highest BCUT2D eigenvalue weighted by atomic mass is 19.3. The lowest BCUT2D eigenvalue weighted by Gasteiger charge is -2.24. The van der Waals surface area contributed by atoms with Crippen LogP contribution in [-0.4, -0.2) is 74.9 Å².